The number of rotatable bonds is 10. The Morgan fingerprint density at radius 2 is 1.71 bits per heavy atom. The van der Waals surface area contributed by atoms with Gasteiger partial charge in [0.1, 0.15) is 6.61 Å². The topological polar surface area (TPSA) is 78.3 Å². The van der Waals surface area contributed by atoms with Gasteiger partial charge >= 0.3 is 0 Å². The highest BCUT2D eigenvalue weighted by atomic mass is 32.2. The van der Waals surface area contributed by atoms with E-state index >= 15 is 0 Å². The highest BCUT2D eigenvalue weighted by molar-refractivity contribution is 7.99. The van der Waals surface area contributed by atoms with Crippen LogP contribution in [0.4, 0.5) is 5.69 Å². The normalized spacial score (nSPS) is 10.7. The predicted octanol–water partition coefficient (Wildman–Crippen LogP) is 4.26. The fourth-order valence-electron chi connectivity index (χ4n) is 3.19. The molecule has 0 aliphatic carbocycles. The number of methoxy groups -OCH3 is 1. The number of nitrogens with one attached hydrogen (secondary N) is 1. The van der Waals surface area contributed by atoms with E-state index in [1.165, 1.54) is 11.8 Å². The first-order chi connectivity index (χ1) is 15.1. The highest BCUT2D eigenvalue weighted by Gasteiger charge is 2.15. The minimum Gasteiger partial charge on any atom is -0.493 e. The second-order valence-electron chi connectivity index (χ2n) is 6.89. The third kappa shape index (κ3) is 5.58. The Kier molecular flexibility index (Phi) is 7.94. The maximum absolute atomic E-state index is 12.6. The second-order valence-corrected chi connectivity index (χ2v) is 7.84. The highest BCUT2D eigenvalue weighted by Crippen LogP contribution is 2.27. The van der Waals surface area contributed by atoms with Gasteiger partial charge < -0.3 is 19.4 Å². The zero-order valence-corrected chi connectivity index (χ0v) is 19.2. The molecule has 0 atom stereocenters. The summed E-state index contributed by atoms with van der Waals surface area (Å²) in [5, 5.41) is 12.1. The van der Waals surface area contributed by atoms with E-state index in [-0.39, 0.29) is 18.3 Å². The summed E-state index contributed by atoms with van der Waals surface area (Å²) in [6.45, 7) is 4.43. The van der Waals surface area contributed by atoms with E-state index in [0.717, 1.165) is 29.7 Å². The minimum absolute atomic E-state index is 0.0598. The fourth-order valence-corrected chi connectivity index (χ4v) is 3.92. The van der Waals surface area contributed by atoms with Crippen LogP contribution in [0.2, 0.25) is 0 Å². The smallest absolute Gasteiger partial charge is 0.234 e. The Balaban J connectivity index is 1.59. The first-order valence-corrected chi connectivity index (χ1v) is 11.2. The van der Waals surface area contributed by atoms with Gasteiger partial charge in [0, 0.05) is 12.7 Å². The van der Waals surface area contributed by atoms with Crippen molar-refractivity contribution < 1.29 is 14.3 Å². The largest absolute Gasteiger partial charge is 0.493 e. The van der Waals surface area contributed by atoms with Crippen molar-refractivity contribution >= 4 is 23.4 Å². The summed E-state index contributed by atoms with van der Waals surface area (Å²) in [4.78, 5) is 12.6. The van der Waals surface area contributed by atoms with Gasteiger partial charge in [0.25, 0.3) is 0 Å². The Hall–Kier alpha value is -3.00. The van der Waals surface area contributed by atoms with Gasteiger partial charge in [-0.05, 0) is 36.1 Å². The number of para-hydroxylation sites is 3. The zero-order valence-electron chi connectivity index (χ0n) is 18.3. The Morgan fingerprint density at radius 1 is 1.03 bits per heavy atom. The van der Waals surface area contributed by atoms with E-state index in [0.29, 0.717) is 22.5 Å². The molecule has 1 aromatic heterocycles. The zero-order chi connectivity index (χ0) is 22.2. The summed E-state index contributed by atoms with van der Waals surface area (Å²) < 4.78 is 13.0. The van der Waals surface area contributed by atoms with Gasteiger partial charge in [0.05, 0.1) is 12.9 Å². The molecule has 0 bridgehead atoms. The molecule has 3 rings (SSSR count). The minimum atomic E-state index is -0.0598. The van der Waals surface area contributed by atoms with Gasteiger partial charge in [-0.15, -0.1) is 10.2 Å². The van der Waals surface area contributed by atoms with Crippen molar-refractivity contribution in [3.05, 3.63) is 59.4 Å². The maximum atomic E-state index is 12.6. The van der Waals surface area contributed by atoms with Crippen LogP contribution < -0.4 is 14.8 Å². The summed E-state index contributed by atoms with van der Waals surface area (Å²) in [7, 11) is 3.47. The molecule has 8 heteroatoms. The predicted molar refractivity (Wildman–Crippen MR) is 123 cm³/mol. The molecular formula is C23H28N4O3S. The molecule has 0 radical (unpaired) electrons. The molecule has 0 saturated carbocycles. The van der Waals surface area contributed by atoms with Gasteiger partial charge in [0.15, 0.2) is 22.5 Å². The molecule has 1 N–H and O–H groups in total. The molecule has 0 fully saturated rings. The summed E-state index contributed by atoms with van der Waals surface area (Å²) in [5.41, 5.74) is 3.22. The number of thioether (sulfide) groups is 1. The number of carbonyl (C=O) groups excluding carboxylic acids is 1. The number of carbonyl (C=O) groups is 1. The van der Waals surface area contributed by atoms with Crippen LogP contribution in [0.5, 0.6) is 11.5 Å². The molecular weight excluding hydrogens is 412 g/mol. The summed E-state index contributed by atoms with van der Waals surface area (Å²) in [6, 6.07) is 13.6. The number of anilines is 1. The summed E-state index contributed by atoms with van der Waals surface area (Å²) in [5.74, 6) is 2.16. The number of amides is 1. The van der Waals surface area contributed by atoms with Crippen LogP contribution in [0.15, 0.2) is 47.6 Å². The number of nitrogens with zero attached hydrogens (tertiary/aromatic N) is 3. The van der Waals surface area contributed by atoms with Crippen molar-refractivity contribution in [1.82, 2.24) is 14.8 Å². The number of hydrogen-bond donors (Lipinski definition) is 1. The van der Waals surface area contributed by atoms with Crippen LogP contribution in [0, 0.1) is 0 Å². The molecule has 0 unspecified atom stereocenters. The molecule has 7 nitrogen and oxygen atoms in total. The second kappa shape index (κ2) is 10.9. The molecule has 1 heterocycles. The molecule has 1 amide bonds. The monoisotopic (exact) mass is 440 g/mol. The lowest BCUT2D eigenvalue weighted by Gasteiger charge is -2.14. The van der Waals surface area contributed by atoms with Crippen molar-refractivity contribution in [1.29, 1.82) is 0 Å². The van der Waals surface area contributed by atoms with E-state index in [1.54, 1.807) is 7.11 Å². The van der Waals surface area contributed by atoms with Crippen LogP contribution in [-0.2, 0) is 31.3 Å². The lowest BCUT2D eigenvalue weighted by Crippen LogP contribution is -2.17. The number of aryl methyl sites for hydroxylation is 2. The van der Waals surface area contributed by atoms with Gasteiger partial charge in [0.2, 0.25) is 5.91 Å². The van der Waals surface area contributed by atoms with Gasteiger partial charge in [-0.25, -0.2) is 0 Å². The van der Waals surface area contributed by atoms with Crippen molar-refractivity contribution in [3.63, 3.8) is 0 Å². The van der Waals surface area contributed by atoms with Crippen molar-refractivity contribution in [2.24, 2.45) is 7.05 Å². The molecule has 0 aliphatic heterocycles. The first kappa shape index (κ1) is 22.7. The molecule has 0 spiro atoms. The van der Waals surface area contributed by atoms with Gasteiger partial charge in [-0.2, -0.15) is 0 Å². The lowest BCUT2D eigenvalue weighted by atomic mass is 10.0. The van der Waals surface area contributed by atoms with Crippen LogP contribution in [0.3, 0.4) is 0 Å². The summed E-state index contributed by atoms with van der Waals surface area (Å²) >= 11 is 1.35. The van der Waals surface area contributed by atoms with E-state index in [2.05, 4.69) is 41.5 Å². The lowest BCUT2D eigenvalue weighted by molar-refractivity contribution is -0.113. The van der Waals surface area contributed by atoms with Crippen molar-refractivity contribution in [2.45, 2.75) is 38.5 Å². The Bertz CT molecular complexity index is 1010. The van der Waals surface area contributed by atoms with Crippen molar-refractivity contribution in [2.75, 3.05) is 18.2 Å². The third-order valence-corrected chi connectivity index (χ3v) is 5.97. The average molecular weight is 441 g/mol. The molecule has 2 aromatic carbocycles. The van der Waals surface area contributed by atoms with Crippen LogP contribution in [0.25, 0.3) is 0 Å². The van der Waals surface area contributed by atoms with Crippen LogP contribution >= 0.6 is 11.8 Å². The molecule has 0 saturated heterocycles. The quantitative estimate of drug-likeness (QED) is 0.475. The third-order valence-electron chi connectivity index (χ3n) is 4.95. The SMILES string of the molecule is CCc1cccc(CC)c1NC(=O)CSc1nnc(COc2ccccc2OC)n1C. The molecule has 164 valence electrons. The Morgan fingerprint density at radius 3 is 2.35 bits per heavy atom. The number of ether oxygens (including phenoxy) is 2. The molecule has 0 aliphatic rings. The van der Waals surface area contributed by atoms with Gasteiger partial charge in [-0.3, -0.25) is 4.79 Å². The van der Waals surface area contributed by atoms with Crippen LogP contribution in [-0.4, -0.2) is 33.5 Å². The van der Waals surface area contributed by atoms with E-state index in [9.17, 15) is 4.79 Å². The fraction of sp³-hybridized carbons (Fsp3) is 0.348. The number of benzene rings is 2. The van der Waals surface area contributed by atoms with Crippen molar-refractivity contribution in [3.8, 4) is 11.5 Å². The average Bonchev–Trinajstić information content (AvgIpc) is 3.15. The van der Waals surface area contributed by atoms with E-state index in [1.807, 2.05) is 41.9 Å². The first-order valence-electron chi connectivity index (χ1n) is 10.2. The van der Waals surface area contributed by atoms with Gasteiger partial charge in [-0.1, -0.05) is 55.9 Å². The Labute approximate surface area is 187 Å². The molecule has 3 aromatic rings. The van der Waals surface area contributed by atoms with Crippen LogP contribution in [0.1, 0.15) is 30.8 Å². The number of hydrogen-bond acceptors (Lipinski definition) is 6. The standard InChI is InChI=1S/C23H28N4O3S/c1-5-16-10-9-11-17(6-2)22(16)24-21(28)15-31-23-26-25-20(27(23)3)14-30-19-13-8-7-12-18(19)29-4/h7-13H,5-6,14-15H2,1-4H3,(H,24,28). The molecule has 31 heavy (non-hydrogen) atoms. The summed E-state index contributed by atoms with van der Waals surface area (Å²) in [6.07, 6.45) is 1.74. The van der Waals surface area contributed by atoms with E-state index in [4.69, 9.17) is 9.47 Å². The number of aromatic nitrogens is 3. The van der Waals surface area contributed by atoms with E-state index < -0.39 is 0 Å². The maximum Gasteiger partial charge on any atom is 0.234 e.